The number of hydrogen-bond donors (Lipinski definition) is 0. The minimum Gasteiger partial charge on any atom is -0.288 e. The number of rotatable bonds is 0. The SMILES string of the molecule is Cc1ccc2c3c(c(Cl)nc2c1)C(=O)c1ccncc1-3.Cc1ccc2c3c(c(Cl)nc2c1)C(=O)c1cnccc1-3. The molecule has 8 rings (SSSR count). The summed E-state index contributed by atoms with van der Waals surface area (Å²) in [6.45, 7) is 4.01. The van der Waals surface area contributed by atoms with Gasteiger partial charge in [0, 0.05) is 63.4 Å². The monoisotopic (exact) mass is 560 g/mol. The summed E-state index contributed by atoms with van der Waals surface area (Å²) in [5.41, 5.74) is 9.52. The average Bonchev–Trinajstić information content (AvgIpc) is 3.42. The van der Waals surface area contributed by atoms with Crippen LogP contribution in [0.3, 0.4) is 0 Å². The van der Waals surface area contributed by atoms with Crippen LogP contribution in [0.5, 0.6) is 0 Å². The van der Waals surface area contributed by atoms with Gasteiger partial charge in [-0.15, -0.1) is 0 Å². The summed E-state index contributed by atoms with van der Waals surface area (Å²) in [7, 11) is 0. The lowest BCUT2D eigenvalue weighted by Gasteiger charge is -2.07. The third kappa shape index (κ3) is 3.57. The van der Waals surface area contributed by atoms with Gasteiger partial charge in [-0.25, -0.2) is 9.97 Å². The van der Waals surface area contributed by atoms with Crippen LogP contribution in [-0.2, 0) is 0 Å². The maximum absolute atomic E-state index is 12.5. The number of hydrogen-bond acceptors (Lipinski definition) is 6. The number of ketones is 2. The second-order valence-corrected chi connectivity index (χ2v) is 10.6. The van der Waals surface area contributed by atoms with E-state index in [1.54, 1.807) is 30.9 Å². The highest BCUT2D eigenvalue weighted by Gasteiger charge is 2.33. The Balaban J connectivity index is 0.000000132. The molecular formula is C32H18Cl2N4O2. The van der Waals surface area contributed by atoms with Gasteiger partial charge in [-0.1, -0.05) is 47.5 Å². The van der Waals surface area contributed by atoms with Gasteiger partial charge in [-0.2, -0.15) is 0 Å². The zero-order valence-corrected chi connectivity index (χ0v) is 22.8. The molecule has 192 valence electrons. The van der Waals surface area contributed by atoms with Crippen molar-refractivity contribution in [3.05, 3.63) is 117 Å². The molecule has 0 amide bonds. The molecule has 0 radical (unpaired) electrons. The standard InChI is InChI=1S/2C16H9ClN2O/c1-8-2-3-10-12(6-8)19-16(17)14-13(10)11-7-18-5-4-9(11)15(14)20;1-8-2-3-10-12(6-8)19-16(17)14-13(10)9-4-5-18-7-11(9)15(14)20/h2*2-7H,1H3. The third-order valence-corrected chi connectivity index (χ3v) is 7.87. The predicted octanol–water partition coefficient (Wildman–Crippen LogP) is 7.61. The van der Waals surface area contributed by atoms with E-state index in [4.69, 9.17) is 23.2 Å². The van der Waals surface area contributed by atoms with Crippen molar-refractivity contribution in [1.82, 2.24) is 19.9 Å². The molecule has 0 fully saturated rings. The molecule has 0 N–H and O–H groups in total. The highest BCUT2D eigenvalue weighted by molar-refractivity contribution is 6.39. The molecule has 6 aromatic rings. The quantitative estimate of drug-likeness (QED) is 0.177. The van der Waals surface area contributed by atoms with Crippen LogP contribution in [0.4, 0.5) is 0 Å². The molecule has 0 saturated heterocycles. The van der Waals surface area contributed by atoms with Crippen molar-refractivity contribution in [3.63, 3.8) is 0 Å². The van der Waals surface area contributed by atoms with Gasteiger partial charge < -0.3 is 0 Å². The van der Waals surface area contributed by atoms with E-state index < -0.39 is 0 Å². The average molecular weight is 561 g/mol. The fourth-order valence-electron chi connectivity index (χ4n) is 5.52. The van der Waals surface area contributed by atoms with Gasteiger partial charge in [0.1, 0.15) is 10.3 Å². The van der Waals surface area contributed by atoms with Crippen molar-refractivity contribution < 1.29 is 9.59 Å². The van der Waals surface area contributed by atoms with Gasteiger partial charge in [-0.3, -0.25) is 19.6 Å². The Labute approximate surface area is 238 Å². The van der Waals surface area contributed by atoms with Crippen LogP contribution >= 0.6 is 23.2 Å². The molecule has 0 aliphatic heterocycles. The van der Waals surface area contributed by atoms with Gasteiger partial charge >= 0.3 is 0 Å². The van der Waals surface area contributed by atoms with Crippen molar-refractivity contribution in [2.75, 3.05) is 0 Å². The van der Waals surface area contributed by atoms with E-state index in [9.17, 15) is 9.59 Å². The molecule has 0 bridgehead atoms. The van der Waals surface area contributed by atoms with Crippen LogP contribution in [0.2, 0.25) is 10.3 Å². The van der Waals surface area contributed by atoms with Crippen molar-refractivity contribution >= 4 is 56.6 Å². The minimum absolute atomic E-state index is 0.0719. The number of nitrogens with zero attached hydrogens (tertiary/aromatic N) is 4. The largest absolute Gasteiger partial charge is 0.288 e. The number of carbonyl (C=O) groups is 2. The van der Waals surface area contributed by atoms with Gasteiger partial charge in [0.15, 0.2) is 11.6 Å². The fourth-order valence-corrected chi connectivity index (χ4v) is 6.06. The maximum atomic E-state index is 12.5. The van der Waals surface area contributed by atoms with Crippen molar-refractivity contribution in [3.8, 4) is 22.3 Å². The summed E-state index contributed by atoms with van der Waals surface area (Å²) in [5, 5.41) is 2.42. The summed E-state index contributed by atoms with van der Waals surface area (Å²) in [6.07, 6.45) is 6.62. The molecule has 0 unspecified atom stereocenters. The number of fused-ring (bicyclic) bond motifs is 10. The van der Waals surface area contributed by atoms with Crippen LogP contribution in [-0.4, -0.2) is 31.5 Å². The van der Waals surface area contributed by atoms with Crippen molar-refractivity contribution in [1.29, 1.82) is 0 Å². The Hall–Kier alpha value is -4.52. The number of aryl methyl sites for hydroxylation is 2. The molecule has 6 nitrogen and oxygen atoms in total. The van der Waals surface area contributed by atoms with Crippen LogP contribution < -0.4 is 0 Å². The highest BCUT2D eigenvalue weighted by Crippen LogP contribution is 2.44. The predicted molar refractivity (Wildman–Crippen MR) is 156 cm³/mol. The van der Waals surface area contributed by atoms with Gasteiger partial charge in [0.2, 0.25) is 0 Å². The molecule has 0 spiro atoms. The number of halogens is 2. The smallest absolute Gasteiger partial charge is 0.198 e. The Bertz CT molecular complexity index is 1960. The number of benzene rings is 2. The lowest BCUT2D eigenvalue weighted by molar-refractivity contribution is 0.103. The Morgan fingerprint density at radius 1 is 0.550 bits per heavy atom. The van der Waals surface area contributed by atoms with E-state index in [0.717, 1.165) is 55.2 Å². The van der Waals surface area contributed by atoms with E-state index in [1.165, 1.54) is 0 Å². The highest BCUT2D eigenvalue weighted by atomic mass is 35.5. The van der Waals surface area contributed by atoms with Gasteiger partial charge in [-0.05, 0) is 54.8 Å². The van der Waals surface area contributed by atoms with E-state index in [0.29, 0.717) is 22.3 Å². The summed E-state index contributed by atoms with van der Waals surface area (Å²) in [6, 6.07) is 15.5. The van der Waals surface area contributed by atoms with E-state index in [2.05, 4.69) is 19.9 Å². The Morgan fingerprint density at radius 2 is 1.02 bits per heavy atom. The second kappa shape index (κ2) is 9.01. The first-order chi connectivity index (χ1) is 19.3. The van der Waals surface area contributed by atoms with Crippen LogP contribution in [0.15, 0.2) is 73.3 Å². The summed E-state index contributed by atoms with van der Waals surface area (Å²) < 4.78 is 0. The summed E-state index contributed by atoms with van der Waals surface area (Å²) in [5.74, 6) is -0.166. The first-order valence-electron chi connectivity index (χ1n) is 12.5. The molecule has 0 atom stereocenters. The number of pyridine rings is 4. The molecule has 8 heteroatoms. The zero-order chi connectivity index (χ0) is 27.7. The number of carbonyl (C=O) groups excluding carboxylic acids is 2. The van der Waals surface area contributed by atoms with E-state index in [1.807, 2.05) is 56.3 Å². The Kier molecular flexibility index (Phi) is 5.52. The fraction of sp³-hybridized carbons (Fsp3) is 0.0625. The first kappa shape index (κ1) is 24.5. The molecule has 4 heterocycles. The van der Waals surface area contributed by atoms with E-state index >= 15 is 0 Å². The number of aromatic nitrogens is 4. The lowest BCUT2D eigenvalue weighted by Crippen LogP contribution is -1.98. The van der Waals surface area contributed by atoms with Crippen LogP contribution in [0, 0.1) is 13.8 Å². The summed E-state index contributed by atoms with van der Waals surface area (Å²) >= 11 is 12.5. The van der Waals surface area contributed by atoms with Crippen LogP contribution in [0.25, 0.3) is 44.1 Å². The minimum atomic E-state index is -0.0944. The van der Waals surface area contributed by atoms with Crippen molar-refractivity contribution in [2.24, 2.45) is 0 Å². The van der Waals surface area contributed by atoms with Gasteiger partial charge in [0.25, 0.3) is 0 Å². The zero-order valence-electron chi connectivity index (χ0n) is 21.3. The molecule has 2 aromatic carbocycles. The van der Waals surface area contributed by atoms with Gasteiger partial charge in [0.05, 0.1) is 22.2 Å². The molecule has 4 aromatic heterocycles. The summed E-state index contributed by atoms with van der Waals surface area (Å²) in [4.78, 5) is 41.8. The van der Waals surface area contributed by atoms with E-state index in [-0.39, 0.29) is 21.9 Å². The lowest BCUT2D eigenvalue weighted by atomic mass is 10.0. The Morgan fingerprint density at radius 3 is 1.60 bits per heavy atom. The topological polar surface area (TPSA) is 85.7 Å². The second-order valence-electron chi connectivity index (χ2n) is 9.85. The molecular weight excluding hydrogens is 543 g/mol. The molecule has 0 saturated carbocycles. The first-order valence-corrected chi connectivity index (χ1v) is 13.3. The maximum Gasteiger partial charge on any atom is 0.198 e. The third-order valence-electron chi connectivity index (χ3n) is 7.32. The molecule has 2 aliphatic carbocycles. The van der Waals surface area contributed by atoms with Crippen molar-refractivity contribution in [2.45, 2.75) is 13.8 Å². The normalized spacial score (nSPS) is 12.6. The molecule has 40 heavy (non-hydrogen) atoms. The van der Waals surface area contributed by atoms with Crippen LogP contribution in [0.1, 0.15) is 43.0 Å². The molecule has 2 aliphatic rings.